The molecule has 0 saturated heterocycles. The molecule has 0 fully saturated rings. The molecule has 0 heterocycles. The fourth-order valence-corrected chi connectivity index (χ4v) is 2.70. The summed E-state index contributed by atoms with van der Waals surface area (Å²) in [5.41, 5.74) is 0.573. The summed E-state index contributed by atoms with van der Waals surface area (Å²) in [5, 5.41) is 3.00. The Morgan fingerprint density at radius 2 is 2.00 bits per heavy atom. The fourth-order valence-electron chi connectivity index (χ4n) is 1.39. The van der Waals surface area contributed by atoms with E-state index in [1.807, 2.05) is 6.92 Å². The number of anilines is 1. The van der Waals surface area contributed by atoms with E-state index in [0.29, 0.717) is 18.8 Å². The molecule has 0 unspecified atom stereocenters. The Hall–Kier alpha value is -1.51. The molecule has 0 aliphatic heterocycles. The van der Waals surface area contributed by atoms with E-state index in [0.717, 1.165) is 6.42 Å². The molecule has 0 spiro atoms. The summed E-state index contributed by atoms with van der Waals surface area (Å²) in [7, 11) is -3.45. The standard InChI is InChI=1S/C13H18N2O2S/c1-3-5-11-14-12-8-6-7-9-13(12)18(16,17)15-10-4-2/h6-9,14-15H,4,10-11H2,1-2H3. The smallest absolute Gasteiger partial charge is 0.242 e. The first-order valence-corrected chi connectivity index (χ1v) is 7.32. The summed E-state index contributed by atoms with van der Waals surface area (Å²) in [6, 6.07) is 6.81. The van der Waals surface area contributed by atoms with Gasteiger partial charge in [-0.05, 0) is 25.5 Å². The highest BCUT2D eigenvalue weighted by Gasteiger charge is 2.16. The Kier molecular flexibility index (Phi) is 5.69. The van der Waals surface area contributed by atoms with Crippen molar-refractivity contribution in [3.63, 3.8) is 0 Å². The highest BCUT2D eigenvalue weighted by atomic mass is 32.2. The summed E-state index contributed by atoms with van der Waals surface area (Å²) in [4.78, 5) is 0.261. The van der Waals surface area contributed by atoms with E-state index in [-0.39, 0.29) is 4.90 Å². The van der Waals surface area contributed by atoms with Crippen LogP contribution in [0.1, 0.15) is 20.3 Å². The molecule has 0 saturated carbocycles. The Bertz CT molecular complexity index is 542. The molecule has 0 aliphatic carbocycles. The monoisotopic (exact) mass is 266 g/mol. The Morgan fingerprint density at radius 1 is 1.28 bits per heavy atom. The van der Waals surface area contributed by atoms with Gasteiger partial charge in [-0.2, -0.15) is 0 Å². The maximum Gasteiger partial charge on any atom is 0.242 e. The van der Waals surface area contributed by atoms with Gasteiger partial charge in [0.15, 0.2) is 0 Å². The molecular formula is C13H18N2O2S. The molecule has 1 aromatic carbocycles. The molecule has 5 heteroatoms. The van der Waals surface area contributed by atoms with Crippen LogP contribution in [0.3, 0.4) is 0 Å². The summed E-state index contributed by atoms with van der Waals surface area (Å²) in [6.45, 7) is 4.53. The minimum Gasteiger partial charge on any atom is -0.373 e. The van der Waals surface area contributed by atoms with Crippen LogP contribution in [0, 0.1) is 11.8 Å². The third-order valence-electron chi connectivity index (χ3n) is 2.26. The molecule has 0 atom stereocenters. The first-order chi connectivity index (χ1) is 8.61. The SMILES string of the molecule is CC#CCNc1ccccc1S(=O)(=O)NCCC. The number of hydrogen-bond donors (Lipinski definition) is 2. The molecule has 18 heavy (non-hydrogen) atoms. The average molecular weight is 266 g/mol. The highest BCUT2D eigenvalue weighted by Crippen LogP contribution is 2.20. The summed E-state index contributed by atoms with van der Waals surface area (Å²) in [5.74, 6) is 5.60. The van der Waals surface area contributed by atoms with E-state index >= 15 is 0 Å². The molecule has 1 rings (SSSR count). The van der Waals surface area contributed by atoms with Crippen molar-refractivity contribution in [3.8, 4) is 11.8 Å². The van der Waals surface area contributed by atoms with Crippen LogP contribution >= 0.6 is 0 Å². The van der Waals surface area contributed by atoms with Gasteiger partial charge in [0.25, 0.3) is 0 Å². The fraction of sp³-hybridized carbons (Fsp3) is 0.385. The summed E-state index contributed by atoms with van der Waals surface area (Å²) < 4.78 is 26.7. The highest BCUT2D eigenvalue weighted by molar-refractivity contribution is 7.89. The third kappa shape index (κ3) is 4.06. The number of para-hydroxylation sites is 1. The predicted octanol–water partition coefficient (Wildman–Crippen LogP) is 1.81. The van der Waals surface area contributed by atoms with E-state index in [1.54, 1.807) is 31.2 Å². The summed E-state index contributed by atoms with van der Waals surface area (Å²) >= 11 is 0. The Labute approximate surface area is 109 Å². The van der Waals surface area contributed by atoms with Gasteiger partial charge in [0.1, 0.15) is 4.90 Å². The van der Waals surface area contributed by atoms with Crippen molar-refractivity contribution in [3.05, 3.63) is 24.3 Å². The molecular weight excluding hydrogens is 248 g/mol. The Balaban J connectivity index is 2.96. The second kappa shape index (κ2) is 7.04. The van der Waals surface area contributed by atoms with Gasteiger partial charge in [-0.15, -0.1) is 5.92 Å². The number of benzene rings is 1. The van der Waals surface area contributed by atoms with E-state index in [4.69, 9.17) is 0 Å². The van der Waals surface area contributed by atoms with Crippen molar-refractivity contribution < 1.29 is 8.42 Å². The van der Waals surface area contributed by atoms with Gasteiger partial charge in [0.2, 0.25) is 10.0 Å². The molecule has 0 bridgehead atoms. The van der Waals surface area contributed by atoms with Crippen molar-refractivity contribution in [2.24, 2.45) is 0 Å². The van der Waals surface area contributed by atoms with Gasteiger partial charge >= 0.3 is 0 Å². The van der Waals surface area contributed by atoms with Crippen LogP contribution in [-0.2, 0) is 10.0 Å². The van der Waals surface area contributed by atoms with Gasteiger partial charge in [0, 0.05) is 6.54 Å². The lowest BCUT2D eigenvalue weighted by molar-refractivity contribution is 0.581. The van der Waals surface area contributed by atoms with Crippen molar-refractivity contribution in [2.45, 2.75) is 25.2 Å². The average Bonchev–Trinajstić information content (AvgIpc) is 2.37. The zero-order valence-electron chi connectivity index (χ0n) is 10.7. The minimum atomic E-state index is -3.45. The van der Waals surface area contributed by atoms with Crippen molar-refractivity contribution >= 4 is 15.7 Å². The maximum atomic E-state index is 12.1. The number of nitrogens with one attached hydrogen (secondary N) is 2. The number of rotatable bonds is 6. The van der Waals surface area contributed by atoms with Crippen LogP contribution in [0.4, 0.5) is 5.69 Å². The normalized spacial score (nSPS) is 10.6. The quantitative estimate of drug-likeness (QED) is 0.772. The lowest BCUT2D eigenvalue weighted by Crippen LogP contribution is -2.25. The number of sulfonamides is 1. The first-order valence-electron chi connectivity index (χ1n) is 5.84. The van der Waals surface area contributed by atoms with E-state index in [2.05, 4.69) is 21.9 Å². The second-order valence-electron chi connectivity index (χ2n) is 3.67. The molecule has 0 aliphatic rings. The van der Waals surface area contributed by atoms with Crippen molar-refractivity contribution in [1.29, 1.82) is 0 Å². The van der Waals surface area contributed by atoms with Gasteiger partial charge in [-0.1, -0.05) is 25.0 Å². The van der Waals surface area contributed by atoms with Crippen LogP contribution in [0.5, 0.6) is 0 Å². The Morgan fingerprint density at radius 3 is 2.67 bits per heavy atom. The van der Waals surface area contributed by atoms with Crippen molar-refractivity contribution in [2.75, 3.05) is 18.4 Å². The predicted molar refractivity (Wildman–Crippen MR) is 73.9 cm³/mol. The van der Waals surface area contributed by atoms with E-state index in [1.165, 1.54) is 0 Å². The van der Waals surface area contributed by atoms with Gasteiger partial charge in [-0.3, -0.25) is 0 Å². The molecule has 98 valence electrons. The minimum absolute atomic E-state index is 0.261. The molecule has 0 aromatic heterocycles. The van der Waals surface area contributed by atoms with E-state index < -0.39 is 10.0 Å². The van der Waals surface area contributed by atoms with Gasteiger partial charge in [-0.25, -0.2) is 13.1 Å². The summed E-state index contributed by atoms with van der Waals surface area (Å²) in [6.07, 6.45) is 0.760. The molecule has 0 amide bonds. The zero-order chi connectivity index (χ0) is 13.4. The van der Waals surface area contributed by atoms with Gasteiger partial charge in [0.05, 0.1) is 12.2 Å². The maximum absolute atomic E-state index is 12.1. The van der Waals surface area contributed by atoms with Crippen LogP contribution in [0.25, 0.3) is 0 Å². The molecule has 2 N–H and O–H groups in total. The van der Waals surface area contributed by atoms with Crippen molar-refractivity contribution in [1.82, 2.24) is 4.72 Å². The lowest BCUT2D eigenvalue weighted by atomic mass is 10.3. The zero-order valence-corrected chi connectivity index (χ0v) is 11.5. The molecule has 0 radical (unpaired) electrons. The first kappa shape index (κ1) is 14.6. The molecule has 1 aromatic rings. The number of hydrogen-bond acceptors (Lipinski definition) is 3. The van der Waals surface area contributed by atoms with Crippen LogP contribution in [-0.4, -0.2) is 21.5 Å². The topological polar surface area (TPSA) is 58.2 Å². The third-order valence-corrected chi connectivity index (χ3v) is 3.78. The molecule has 4 nitrogen and oxygen atoms in total. The van der Waals surface area contributed by atoms with Crippen LogP contribution < -0.4 is 10.0 Å². The lowest BCUT2D eigenvalue weighted by Gasteiger charge is -2.11. The second-order valence-corrected chi connectivity index (χ2v) is 5.41. The van der Waals surface area contributed by atoms with Crippen LogP contribution in [0.15, 0.2) is 29.2 Å². The van der Waals surface area contributed by atoms with Gasteiger partial charge < -0.3 is 5.32 Å². The largest absolute Gasteiger partial charge is 0.373 e. The van der Waals surface area contributed by atoms with Crippen LogP contribution in [0.2, 0.25) is 0 Å². The van der Waals surface area contributed by atoms with E-state index in [9.17, 15) is 8.42 Å².